The average molecular weight is 335 g/mol. The third kappa shape index (κ3) is 5.82. The Balaban J connectivity index is 0.000000648. The Morgan fingerprint density at radius 1 is 1.12 bits per heavy atom. The maximum atomic E-state index is 11.7. The van der Waals surface area contributed by atoms with Gasteiger partial charge in [-0.1, -0.05) is 29.8 Å². The van der Waals surface area contributed by atoms with Gasteiger partial charge in [0.15, 0.2) is 0 Å². The van der Waals surface area contributed by atoms with E-state index in [0.717, 1.165) is 11.1 Å². The Bertz CT molecular complexity index is 776. The fourth-order valence-electron chi connectivity index (χ4n) is 1.96. The van der Waals surface area contributed by atoms with E-state index in [1.54, 1.807) is 0 Å². The van der Waals surface area contributed by atoms with Gasteiger partial charge in [-0.25, -0.2) is 9.59 Å². The minimum absolute atomic E-state index is 0.0812. The van der Waals surface area contributed by atoms with Crippen LogP contribution in [0.4, 0.5) is 0 Å². The number of carboxylic acid groups (broad SMARTS) is 1. The number of nitrogens with two attached hydrogens (primary N) is 1. The number of hydrogen-bond donors (Lipinski definition) is 5. The zero-order valence-corrected chi connectivity index (χ0v) is 13.3. The van der Waals surface area contributed by atoms with Crippen molar-refractivity contribution in [1.82, 2.24) is 9.97 Å². The number of carbonyl (C=O) groups is 1. The van der Waals surface area contributed by atoms with E-state index in [1.807, 2.05) is 36.2 Å². The molecule has 0 saturated carbocycles. The minimum atomic E-state index is -1.31. The lowest BCUT2D eigenvalue weighted by atomic mass is 10.0. The third-order valence-electron chi connectivity index (χ3n) is 3.17. The van der Waals surface area contributed by atoms with E-state index in [0.29, 0.717) is 13.0 Å². The van der Waals surface area contributed by atoms with Crippen LogP contribution < -0.4 is 17.0 Å². The summed E-state index contributed by atoms with van der Waals surface area (Å²) in [7, 11) is 0. The van der Waals surface area contributed by atoms with E-state index >= 15 is 0 Å². The molecule has 6 N–H and O–H groups in total. The summed E-state index contributed by atoms with van der Waals surface area (Å²) in [6.07, 6.45) is 0.770. The van der Waals surface area contributed by atoms with Crippen LogP contribution in [0.2, 0.25) is 0 Å². The summed E-state index contributed by atoms with van der Waals surface area (Å²) in [5, 5.41) is 16.8. The quantitative estimate of drug-likeness (QED) is 0.510. The number of aliphatic hydroxyl groups excluding tert-OH is 1. The number of aromatic amines is 2. The molecule has 0 saturated heterocycles. The number of H-pyrrole nitrogens is 2. The van der Waals surface area contributed by atoms with Gasteiger partial charge in [-0.2, -0.15) is 0 Å². The maximum Gasteiger partial charge on any atom is 0.352 e. The molecular formula is C16H21N3O5. The monoisotopic (exact) mass is 335 g/mol. The summed E-state index contributed by atoms with van der Waals surface area (Å²) >= 11 is 0. The van der Waals surface area contributed by atoms with Crippen LogP contribution in [0.25, 0.3) is 0 Å². The topological polar surface area (TPSA) is 149 Å². The molecule has 0 radical (unpaired) electrons. The molecule has 8 heteroatoms. The van der Waals surface area contributed by atoms with Gasteiger partial charge in [0, 0.05) is 12.1 Å². The van der Waals surface area contributed by atoms with Crippen LogP contribution in [0.15, 0.2) is 33.9 Å². The Labute approximate surface area is 138 Å². The van der Waals surface area contributed by atoms with E-state index in [-0.39, 0.29) is 24.3 Å². The van der Waals surface area contributed by atoms with Gasteiger partial charge >= 0.3 is 11.7 Å². The highest BCUT2D eigenvalue weighted by atomic mass is 16.4. The second-order valence-electron chi connectivity index (χ2n) is 5.06. The molecule has 0 fully saturated rings. The van der Waals surface area contributed by atoms with Crippen molar-refractivity contribution in [1.29, 1.82) is 0 Å². The summed E-state index contributed by atoms with van der Waals surface area (Å²) in [4.78, 5) is 38.1. The first-order valence-corrected chi connectivity index (χ1v) is 7.34. The number of nitrogens with one attached hydrogen (secondary N) is 2. The summed E-state index contributed by atoms with van der Waals surface area (Å²) in [5.74, 6) is -1.31. The molecule has 24 heavy (non-hydrogen) atoms. The highest BCUT2D eigenvalue weighted by Crippen LogP contribution is 2.08. The van der Waals surface area contributed by atoms with E-state index < -0.39 is 17.2 Å². The molecule has 0 aliphatic rings. The van der Waals surface area contributed by atoms with Crippen LogP contribution >= 0.6 is 0 Å². The fourth-order valence-corrected chi connectivity index (χ4v) is 1.96. The zero-order chi connectivity index (χ0) is 18.1. The van der Waals surface area contributed by atoms with Gasteiger partial charge in [0.1, 0.15) is 5.69 Å². The highest BCUT2D eigenvalue weighted by molar-refractivity contribution is 5.86. The van der Waals surface area contributed by atoms with E-state index in [4.69, 9.17) is 15.9 Å². The van der Waals surface area contributed by atoms with Crippen LogP contribution in [0.1, 0.15) is 27.2 Å². The number of aromatic nitrogens is 2. The van der Waals surface area contributed by atoms with Crippen molar-refractivity contribution in [2.45, 2.75) is 19.8 Å². The molecule has 0 atom stereocenters. The smallest absolute Gasteiger partial charge is 0.352 e. The van der Waals surface area contributed by atoms with Crippen molar-refractivity contribution in [2.75, 3.05) is 13.2 Å². The zero-order valence-electron chi connectivity index (χ0n) is 13.3. The summed E-state index contributed by atoms with van der Waals surface area (Å²) in [5.41, 5.74) is 5.17. The van der Waals surface area contributed by atoms with Gasteiger partial charge in [0.2, 0.25) is 0 Å². The lowest BCUT2D eigenvalue weighted by molar-refractivity contribution is 0.0688. The molecule has 2 aromatic rings. The van der Waals surface area contributed by atoms with Gasteiger partial charge < -0.3 is 20.9 Å². The largest absolute Gasteiger partial charge is 0.477 e. The lowest BCUT2D eigenvalue weighted by Gasteiger charge is -2.05. The first kappa shape index (κ1) is 19.3. The maximum absolute atomic E-state index is 11.7. The molecule has 8 nitrogen and oxygen atoms in total. The molecule has 0 bridgehead atoms. The summed E-state index contributed by atoms with van der Waals surface area (Å²) in [6.45, 7) is 2.44. The number of aromatic carboxylic acids is 1. The Hall–Kier alpha value is -2.71. The molecule has 130 valence electrons. The highest BCUT2D eigenvalue weighted by Gasteiger charge is 2.15. The van der Waals surface area contributed by atoms with Crippen LogP contribution in [-0.4, -0.2) is 39.3 Å². The SMILES string of the molecule is Cc1ccc(CCc2c(C(=O)O)[nH]c(=O)[nH]c2=O)cc1.NCCO. The predicted molar refractivity (Wildman–Crippen MR) is 89.4 cm³/mol. The van der Waals surface area contributed by atoms with Gasteiger partial charge in [-0.05, 0) is 25.3 Å². The first-order valence-electron chi connectivity index (χ1n) is 7.34. The van der Waals surface area contributed by atoms with Crippen LogP contribution in [0.5, 0.6) is 0 Å². The number of carboxylic acids is 1. The van der Waals surface area contributed by atoms with Crippen molar-refractivity contribution >= 4 is 5.97 Å². The average Bonchev–Trinajstić information content (AvgIpc) is 2.55. The fraction of sp³-hybridized carbons (Fsp3) is 0.312. The standard InChI is InChI=1S/C14H14N2O4.C2H7NO/c1-8-2-4-9(5-3-8)6-7-10-11(13(18)19)15-14(20)16-12(10)17;3-1-2-4/h2-5H,6-7H2,1H3,(H,18,19)(H2,15,16,17,20);4H,1-3H2. The van der Waals surface area contributed by atoms with Gasteiger partial charge in [-0.15, -0.1) is 0 Å². The molecule has 0 amide bonds. The molecule has 0 aliphatic carbocycles. The van der Waals surface area contributed by atoms with Gasteiger partial charge in [-0.3, -0.25) is 9.78 Å². The number of benzene rings is 1. The normalized spacial score (nSPS) is 9.96. The number of hydrogen-bond acceptors (Lipinski definition) is 5. The van der Waals surface area contributed by atoms with Crippen molar-refractivity contribution < 1.29 is 15.0 Å². The third-order valence-corrected chi connectivity index (χ3v) is 3.17. The Kier molecular flexibility index (Phi) is 7.60. The molecule has 1 heterocycles. The molecule has 1 aromatic carbocycles. The molecule has 0 unspecified atom stereocenters. The van der Waals surface area contributed by atoms with Crippen molar-refractivity contribution in [3.8, 4) is 0 Å². The Morgan fingerprint density at radius 3 is 2.21 bits per heavy atom. The summed E-state index contributed by atoms with van der Waals surface area (Å²) in [6, 6.07) is 7.75. The van der Waals surface area contributed by atoms with Crippen LogP contribution in [0.3, 0.4) is 0 Å². The van der Waals surface area contributed by atoms with E-state index in [1.165, 1.54) is 0 Å². The molecule has 0 spiro atoms. The van der Waals surface area contributed by atoms with Crippen LogP contribution in [-0.2, 0) is 12.8 Å². The van der Waals surface area contributed by atoms with Crippen molar-refractivity contribution in [3.05, 3.63) is 67.5 Å². The predicted octanol–water partition coefficient (Wildman–Crippen LogP) is -0.208. The van der Waals surface area contributed by atoms with Gasteiger partial charge in [0.05, 0.1) is 6.61 Å². The number of aliphatic hydroxyl groups is 1. The molecule has 1 aromatic heterocycles. The van der Waals surface area contributed by atoms with E-state index in [9.17, 15) is 14.4 Å². The van der Waals surface area contributed by atoms with E-state index in [2.05, 4.69) is 4.98 Å². The lowest BCUT2D eigenvalue weighted by Crippen LogP contribution is -2.30. The number of rotatable bonds is 5. The Morgan fingerprint density at radius 2 is 1.71 bits per heavy atom. The second kappa shape index (κ2) is 9.43. The molecule has 2 rings (SSSR count). The van der Waals surface area contributed by atoms with Gasteiger partial charge in [0.25, 0.3) is 5.56 Å². The second-order valence-corrected chi connectivity index (χ2v) is 5.06. The number of aryl methyl sites for hydroxylation is 2. The first-order chi connectivity index (χ1) is 11.4. The minimum Gasteiger partial charge on any atom is -0.477 e. The van der Waals surface area contributed by atoms with Crippen LogP contribution in [0, 0.1) is 6.92 Å². The molecule has 0 aliphatic heterocycles. The van der Waals surface area contributed by atoms with Crippen molar-refractivity contribution in [3.63, 3.8) is 0 Å². The summed E-state index contributed by atoms with van der Waals surface area (Å²) < 4.78 is 0. The van der Waals surface area contributed by atoms with Crippen molar-refractivity contribution in [2.24, 2.45) is 5.73 Å². The molecular weight excluding hydrogens is 314 g/mol.